The molecule has 0 aromatic rings. The third kappa shape index (κ3) is 4.45. The van der Waals surface area contributed by atoms with Crippen LogP contribution in [-0.2, 0) is 0 Å². The molecule has 0 spiro atoms. The van der Waals surface area contributed by atoms with E-state index in [1.165, 1.54) is 0 Å². The van der Waals surface area contributed by atoms with Crippen molar-refractivity contribution in [1.29, 1.82) is 0 Å². The molecule has 0 bridgehead atoms. The zero-order valence-corrected chi connectivity index (χ0v) is 3.91. The Bertz CT molecular complexity index is 21.6. The summed E-state index contributed by atoms with van der Waals surface area (Å²) in [6.07, 6.45) is -1.15. The molecule has 0 atom stereocenters. The summed E-state index contributed by atoms with van der Waals surface area (Å²) in [6.45, 7) is 0. The van der Waals surface area contributed by atoms with Gasteiger partial charge in [-0.25, -0.2) is 0 Å². The minimum atomic E-state index is -1.15. The van der Waals surface area contributed by atoms with Gasteiger partial charge < -0.3 is 0 Å². The molecule has 0 aliphatic rings. The van der Waals surface area contributed by atoms with Crippen molar-refractivity contribution in [2.24, 2.45) is 0 Å². The maximum absolute atomic E-state index is 7.90. The minimum absolute atomic E-state index is 0.333. The number of hydrogen-bond acceptors (Lipinski definition) is 2. The van der Waals surface area contributed by atoms with Gasteiger partial charge in [-0.05, 0) is 0 Å². The molecule has 0 saturated heterocycles. The van der Waals surface area contributed by atoms with Gasteiger partial charge in [-0.3, -0.25) is 0 Å². The van der Waals surface area contributed by atoms with Crippen LogP contribution < -0.4 is 0 Å². The van der Waals surface area contributed by atoms with E-state index in [-0.39, 0.29) is 0 Å². The average molecular weight is 88.0 g/mol. The number of rotatable bonds is 1. The molecule has 0 amide bonds. The number of aliphatic hydroxyl groups excluding tert-OH is 1. The van der Waals surface area contributed by atoms with Crippen molar-refractivity contribution < 1.29 is 10.2 Å². The molecule has 0 aliphatic heterocycles. The molecular weight excluding hydrogens is 83.0 g/mol. The first-order chi connectivity index (χ1) is 2.27. The van der Waals surface area contributed by atoms with Gasteiger partial charge in [-0.15, -0.1) is 0 Å². The van der Waals surface area contributed by atoms with E-state index >= 15 is 0 Å². The molecule has 26 valence electrons. The molecule has 3 heteroatoms. The summed E-state index contributed by atoms with van der Waals surface area (Å²) in [6, 6.07) is 0. The van der Waals surface area contributed by atoms with E-state index in [4.69, 9.17) is 10.2 Å². The summed E-state index contributed by atoms with van der Waals surface area (Å²) >= 11 is 2.19. The Balaban J connectivity index is 2.54. The number of hydrogen-bond donors (Lipinski definition) is 2. The monoisotopic (exact) mass is 88.0 g/mol. The summed E-state index contributed by atoms with van der Waals surface area (Å²) < 4.78 is 0. The molecular formula is C2H5AlO2+2. The molecule has 5 heavy (non-hydrogen) atoms. The molecule has 0 unspecified atom stereocenters. The first-order valence-corrected chi connectivity index (χ1v) is 2.15. The fraction of sp³-hybridized carbons (Fsp3) is 1.00. The first kappa shape index (κ1) is 5.45. The molecule has 0 fully saturated rings. The Hall–Kier alpha value is 0.452. The van der Waals surface area contributed by atoms with Gasteiger partial charge in [0.05, 0.1) is 0 Å². The molecule has 2 nitrogen and oxygen atoms in total. The quantitative estimate of drug-likeness (QED) is 0.315. The second-order valence-corrected chi connectivity index (χ2v) is 1.19. The average Bonchev–Trinajstić information content (AvgIpc) is 1.38. The van der Waals surface area contributed by atoms with Gasteiger partial charge in [0.1, 0.15) is 0 Å². The van der Waals surface area contributed by atoms with Gasteiger partial charge >= 0.3 is 38.1 Å². The third-order valence-electron chi connectivity index (χ3n) is 0.211. The molecule has 0 radical (unpaired) electrons. The molecule has 0 saturated carbocycles. The Labute approximate surface area is 38.9 Å². The van der Waals surface area contributed by atoms with Crippen molar-refractivity contribution >= 4 is 16.3 Å². The summed E-state index contributed by atoms with van der Waals surface area (Å²) in [5, 5.41) is 16.1. The van der Waals surface area contributed by atoms with E-state index in [0.29, 0.717) is 5.28 Å². The second kappa shape index (κ2) is 2.68. The van der Waals surface area contributed by atoms with Crippen LogP contribution in [0.25, 0.3) is 0 Å². The van der Waals surface area contributed by atoms with Gasteiger partial charge in [0, 0.05) is 0 Å². The van der Waals surface area contributed by atoms with Crippen LogP contribution in [0.1, 0.15) is 0 Å². The third-order valence-corrected chi connectivity index (χ3v) is 0.632. The van der Waals surface area contributed by atoms with E-state index in [1.807, 2.05) is 0 Å². The summed E-state index contributed by atoms with van der Waals surface area (Å²) in [4.78, 5) is 0. The van der Waals surface area contributed by atoms with Crippen molar-refractivity contribution in [3.63, 3.8) is 0 Å². The van der Waals surface area contributed by atoms with Gasteiger partial charge in [-0.1, -0.05) is 0 Å². The van der Waals surface area contributed by atoms with E-state index < -0.39 is 6.29 Å². The normalized spacial score (nSPS) is 9.80. The topological polar surface area (TPSA) is 40.5 Å². The van der Waals surface area contributed by atoms with Crippen molar-refractivity contribution in [1.82, 2.24) is 0 Å². The van der Waals surface area contributed by atoms with Crippen molar-refractivity contribution in [3.05, 3.63) is 0 Å². The van der Waals surface area contributed by atoms with Gasteiger partial charge in [0.25, 0.3) is 0 Å². The zero-order chi connectivity index (χ0) is 4.28. The van der Waals surface area contributed by atoms with Crippen LogP contribution in [0.2, 0.25) is 5.28 Å². The predicted molar refractivity (Wildman–Crippen MR) is 18.8 cm³/mol. The van der Waals surface area contributed by atoms with Crippen LogP contribution in [0, 0.1) is 0 Å². The Morgan fingerprint density at radius 1 is 1.60 bits per heavy atom. The maximum atomic E-state index is 7.90. The molecule has 0 heterocycles. The van der Waals surface area contributed by atoms with E-state index in [2.05, 4.69) is 16.3 Å². The Kier molecular flexibility index (Phi) is 2.92. The van der Waals surface area contributed by atoms with Crippen LogP contribution in [0.4, 0.5) is 0 Å². The molecule has 2 N–H and O–H groups in total. The van der Waals surface area contributed by atoms with E-state index in [9.17, 15) is 0 Å². The Morgan fingerprint density at radius 3 is 1.80 bits per heavy atom. The van der Waals surface area contributed by atoms with Gasteiger partial charge in [0.2, 0.25) is 0 Å². The number of aliphatic hydroxyl groups is 2. The fourth-order valence-corrected chi connectivity index (χ4v) is 0. The van der Waals surface area contributed by atoms with Crippen molar-refractivity contribution in [2.75, 3.05) is 0 Å². The van der Waals surface area contributed by atoms with Crippen LogP contribution in [0.5, 0.6) is 0 Å². The van der Waals surface area contributed by atoms with Crippen LogP contribution in [0.3, 0.4) is 0 Å². The van der Waals surface area contributed by atoms with Crippen LogP contribution in [0.15, 0.2) is 0 Å². The van der Waals surface area contributed by atoms with E-state index in [1.54, 1.807) is 0 Å². The van der Waals surface area contributed by atoms with Crippen LogP contribution in [-0.4, -0.2) is 32.8 Å². The predicted octanol–water partition coefficient (Wildman–Crippen LogP) is -1.12. The summed E-state index contributed by atoms with van der Waals surface area (Å²) in [5.41, 5.74) is 0. The standard InChI is InChI=1S/C2H5O2.Al/c1-2(3)4;/h2-4H,1H2;/q;+2. The molecule has 0 rings (SSSR count). The van der Waals surface area contributed by atoms with E-state index in [0.717, 1.165) is 0 Å². The van der Waals surface area contributed by atoms with Crippen LogP contribution >= 0.6 is 0 Å². The summed E-state index contributed by atoms with van der Waals surface area (Å²) in [7, 11) is 0. The molecule has 0 aliphatic carbocycles. The second-order valence-electron chi connectivity index (χ2n) is 0.716. The van der Waals surface area contributed by atoms with Crippen molar-refractivity contribution in [3.8, 4) is 0 Å². The summed E-state index contributed by atoms with van der Waals surface area (Å²) in [5.74, 6) is 0. The SMILES string of the molecule is OC(O)[CH2][Al+2]. The zero-order valence-electron chi connectivity index (χ0n) is 2.76. The first-order valence-electron chi connectivity index (χ1n) is 1.33. The fourth-order valence-electron chi connectivity index (χ4n) is 0. The molecule has 0 aromatic carbocycles. The Morgan fingerprint density at radius 2 is 1.80 bits per heavy atom. The van der Waals surface area contributed by atoms with Gasteiger partial charge in [-0.2, -0.15) is 0 Å². The van der Waals surface area contributed by atoms with Crippen molar-refractivity contribution in [2.45, 2.75) is 11.6 Å². The molecule has 0 aromatic heterocycles. The van der Waals surface area contributed by atoms with Gasteiger partial charge in [0.15, 0.2) is 0 Å².